The zero-order valence-electron chi connectivity index (χ0n) is 11.2. The van der Waals surface area contributed by atoms with Gasteiger partial charge < -0.3 is 11.1 Å². The maximum Gasteiger partial charge on any atom is 0.272 e. The Labute approximate surface area is 114 Å². The number of rotatable bonds is 3. The standard InChI is InChI=1S/C13H16N4O3/c1-3-13(2,14)12(20)15-8-6-4-5-7-9(8)11(19)17-16-10(7)18/h4-6H,3,14H2,1-2H3,(H,15,20)(H,16,18)(H,17,19). The molecule has 1 amide bonds. The van der Waals surface area contributed by atoms with Gasteiger partial charge in [0.05, 0.1) is 22.0 Å². The maximum atomic E-state index is 12.1. The molecular formula is C13H16N4O3. The molecule has 0 aliphatic heterocycles. The summed E-state index contributed by atoms with van der Waals surface area (Å²) < 4.78 is 0. The van der Waals surface area contributed by atoms with Crippen LogP contribution in [0.3, 0.4) is 0 Å². The minimum absolute atomic E-state index is 0.136. The van der Waals surface area contributed by atoms with Crippen molar-refractivity contribution in [2.24, 2.45) is 5.73 Å². The first-order chi connectivity index (χ1) is 9.36. The first kappa shape index (κ1) is 14.0. The lowest BCUT2D eigenvalue weighted by Gasteiger charge is -2.21. The predicted octanol–water partition coefficient (Wildman–Crippen LogP) is 0.282. The Morgan fingerprint density at radius 3 is 2.60 bits per heavy atom. The summed E-state index contributed by atoms with van der Waals surface area (Å²) in [5, 5.41) is 7.42. The Hall–Kier alpha value is -2.41. The van der Waals surface area contributed by atoms with Gasteiger partial charge in [-0.05, 0) is 25.5 Å². The van der Waals surface area contributed by atoms with Crippen molar-refractivity contribution >= 4 is 22.4 Å². The molecular weight excluding hydrogens is 260 g/mol. The molecule has 0 spiro atoms. The van der Waals surface area contributed by atoms with Crippen LogP contribution >= 0.6 is 0 Å². The van der Waals surface area contributed by atoms with Crippen molar-refractivity contribution in [1.29, 1.82) is 0 Å². The van der Waals surface area contributed by atoms with Gasteiger partial charge in [0.1, 0.15) is 0 Å². The fourth-order valence-electron chi connectivity index (χ4n) is 1.76. The van der Waals surface area contributed by atoms with Crippen molar-refractivity contribution in [3.05, 3.63) is 38.9 Å². The van der Waals surface area contributed by atoms with E-state index in [0.717, 1.165) is 0 Å². The van der Waals surface area contributed by atoms with Crippen molar-refractivity contribution < 1.29 is 4.79 Å². The number of aromatic amines is 2. The lowest BCUT2D eigenvalue weighted by molar-refractivity contribution is -0.120. The van der Waals surface area contributed by atoms with Crippen LogP contribution in [0.25, 0.3) is 10.8 Å². The number of aromatic nitrogens is 2. The van der Waals surface area contributed by atoms with Gasteiger partial charge in [-0.25, -0.2) is 0 Å². The molecule has 5 N–H and O–H groups in total. The number of hydrogen-bond donors (Lipinski definition) is 4. The molecule has 0 aliphatic rings. The number of anilines is 1. The maximum absolute atomic E-state index is 12.1. The molecule has 0 bridgehead atoms. The highest BCUT2D eigenvalue weighted by Gasteiger charge is 2.26. The molecule has 1 unspecified atom stereocenters. The SMILES string of the molecule is CCC(C)(N)C(=O)Nc1cccc2c(=O)[nH][nH]c(=O)c12. The number of H-pyrrole nitrogens is 2. The molecule has 0 aliphatic carbocycles. The number of benzene rings is 1. The van der Waals surface area contributed by atoms with E-state index in [-0.39, 0.29) is 16.5 Å². The fourth-order valence-corrected chi connectivity index (χ4v) is 1.76. The molecule has 7 nitrogen and oxygen atoms in total. The smallest absolute Gasteiger partial charge is 0.272 e. The van der Waals surface area contributed by atoms with Crippen molar-refractivity contribution in [1.82, 2.24) is 10.2 Å². The van der Waals surface area contributed by atoms with E-state index in [9.17, 15) is 14.4 Å². The number of nitrogens with one attached hydrogen (secondary N) is 3. The summed E-state index contributed by atoms with van der Waals surface area (Å²) in [6, 6.07) is 4.66. The lowest BCUT2D eigenvalue weighted by Crippen LogP contribution is -2.47. The summed E-state index contributed by atoms with van der Waals surface area (Å²) in [7, 11) is 0. The van der Waals surface area contributed by atoms with E-state index in [2.05, 4.69) is 15.5 Å². The van der Waals surface area contributed by atoms with Crippen LogP contribution < -0.4 is 22.2 Å². The van der Waals surface area contributed by atoms with Crippen LogP contribution in [-0.4, -0.2) is 21.6 Å². The van der Waals surface area contributed by atoms with E-state index in [0.29, 0.717) is 6.42 Å². The minimum Gasteiger partial charge on any atom is -0.324 e. The van der Waals surface area contributed by atoms with Crippen LogP contribution in [0.5, 0.6) is 0 Å². The molecule has 1 heterocycles. The highest BCUT2D eigenvalue weighted by molar-refractivity contribution is 6.04. The third-order valence-corrected chi connectivity index (χ3v) is 3.33. The Morgan fingerprint density at radius 2 is 1.95 bits per heavy atom. The minimum atomic E-state index is -1.05. The van der Waals surface area contributed by atoms with Gasteiger partial charge in [-0.15, -0.1) is 0 Å². The number of hydrogen-bond acceptors (Lipinski definition) is 4. The first-order valence-corrected chi connectivity index (χ1v) is 6.21. The normalized spacial score (nSPS) is 13.9. The second kappa shape index (κ2) is 4.93. The van der Waals surface area contributed by atoms with E-state index >= 15 is 0 Å². The predicted molar refractivity (Wildman–Crippen MR) is 76.7 cm³/mol. The van der Waals surface area contributed by atoms with E-state index < -0.39 is 22.6 Å². The summed E-state index contributed by atoms with van der Waals surface area (Å²) in [5.74, 6) is -0.410. The average molecular weight is 276 g/mol. The molecule has 2 aromatic rings. The molecule has 0 fully saturated rings. The van der Waals surface area contributed by atoms with Gasteiger partial charge in [-0.2, -0.15) is 0 Å². The number of amides is 1. The zero-order valence-corrected chi connectivity index (χ0v) is 11.2. The third kappa shape index (κ3) is 2.35. The Bertz CT molecular complexity index is 773. The molecule has 0 radical (unpaired) electrons. The Balaban J connectivity index is 2.57. The van der Waals surface area contributed by atoms with E-state index in [1.165, 1.54) is 6.07 Å². The fraction of sp³-hybridized carbons (Fsp3) is 0.308. The van der Waals surface area contributed by atoms with Crippen LogP contribution in [0.4, 0.5) is 5.69 Å². The topological polar surface area (TPSA) is 121 Å². The number of nitrogens with two attached hydrogens (primary N) is 1. The molecule has 1 aromatic carbocycles. The summed E-state index contributed by atoms with van der Waals surface area (Å²) in [5.41, 5.74) is 4.17. The van der Waals surface area contributed by atoms with Gasteiger partial charge in [0.15, 0.2) is 0 Å². The first-order valence-electron chi connectivity index (χ1n) is 6.21. The monoisotopic (exact) mass is 276 g/mol. The molecule has 2 rings (SSSR count). The van der Waals surface area contributed by atoms with Gasteiger partial charge in [-0.3, -0.25) is 24.6 Å². The largest absolute Gasteiger partial charge is 0.324 e. The average Bonchev–Trinajstić information content (AvgIpc) is 2.43. The second-order valence-corrected chi connectivity index (χ2v) is 4.86. The summed E-state index contributed by atoms with van der Waals surface area (Å²) in [6.07, 6.45) is 0.445. The van der Waals surface area contributed by atoms with E-state index in [1.54, 1.807) is 26.0 Å². The summed E-state index contributed by atoms with van der Waals surface area (Å²) in [4.78, 5) is 35.6. The van der Waals surface area contributed by atoms with Gasteiger partial charge >= 0.3 is 0 Å². The molecule has 0 saturated carbocycles. The second-order valence-electron chi connectivity index (χ2n) is 4.86. The Morgan fingerprint density at radius 1 is 1.30 bits per heavy atom. The molecule has 106 valence electrons. The van der Waals surface area contributed by atoms with E-state index in [1.807, 2.05) is 0 Å². The van der Waals surface area contributed by atoms with Gasteiger partial charge in [-0.1, -0.05) is 13.0 Å². The molecule has 0 saturated heterocycles. The van der Waals surface area contributed by atoms with Gasteiger partial charge in [0.2, 0.25) is 5.91 Å². The lowest BCUT2D eigenvalue weighted by atomic mass is 9.99. The van der Waals surface area contributed by atoms with Crippen LogP contribution in [0, 0.1) is 0 Å². The zero-order chi connectivity index (χ0) is 14.9. The van der Waals surface area contributed by atoms with Gasteiger partial charge in [0.25, 0.3) is 11.1 Å². The summed E-state index contributed by atoms with van der Waals surface area (Å²) >= 11 is 0. The highest BCUT2D eigenvalue weighted by atomic mass is 16.2. The van der Waals surface area contributed by atoms with Crippen molar-refractivity contribution in [2.45, 2.75) is 25.8 Å². The molecule has 1 atom stereocenters. The highest BCUT2D eigenvalue weighted by Crippen LogP contribution is 2.18. The van der Waals surface area contributed by atoms with Crippen molar-refractivity contribution in [3.8, 4) is 0 Å². The number of fused-ring (bicyclic) bond motifs is 1. The molecule has 20 heavy (non-hydrogen) atoms. The van der Waals surface area contributed by atoms with Crippen LogP contribution in [-0.2, 0) is 4.79 Å². The van der Waals surface area contributed by atoms with Gasteiger partial charge in [0, 0.05) is 0 Å². The van der Waals surface area contributed by atoms with Crippen LogP contribution in [0.1, 0.15) is 20.3 Å². The van der Waals surface area contributed by atoms with Crippen molar-refractivity contribution in [3.63, 3.8) is 0 Å². The number of carbonyl (C=O) groups is 1. The quantitative estimate of drug-likeness (QED) is 0.643. The third-order valence-electron chi connectivity index (χ3n) is 3.33. The van der Waals surface area contributed by atoms with E-state index in [4.69, 9.17) is 5.73 Å². The summed E-state index contributed by atoms with van der Waals surface area (Å²) in [6.45, 7) is 3.39. The van der Waals surface area contributed by atoms with Crippen molar-refractivity contribution in [2.75, 3.05) is 5.32 Å². The van der Waals surface area contributed by atoms with Crippen LogP contribution in [0.15, 0.2) is 27.8 Å². The van der Waals surface area contributed by atoms with Crippen LogP contribution in [0.2, 0.25) is 0 Å². The number of carbonyl (C=O) groups excluding carboxylic acids is 1. The molecule has 1 aromatic heterocycles. The Kier molecular flexibility index (Phi) is 3.46. The molecule has 7 heteroatoms.